The van der Waals surface area contributed by atoms with E-state index in [1.54, 1.807) is 31.5 Å². The molecule has 2 unspecified atom stereocenters. The fraction of sp³-hybridized carbons (Fsp3) is 0.476. The van der Waals surface area contributed by atoms with Gasteiger partial charge in [-0.05, 0) is 57.1 Å². The normalized spacial score (nSPS) is 17.3. The van der Waals surface area contributed by atoms with Gasteiger partial charge in [0.05, 0.1) is 18.8 Å². The fourth-order valence-electron chi connectivity index (χ4n) is 3.40. The molecule has 0 spiro atoms. The van der Waals surface area contributed by atoms with Crippen molar-refractivity contribution < 1.29 is 13.5 Å². The molecule has 152 valence electrons. The van der Waals surface area contributed by atoms with Gasteiger partial charge < -0.3 is 19.8 Å². The van der Waals surface area contributed by atoms with Gasteiger partial charge in [-0.15, -0.1) is 0 Å². The van der Waals surface area contributed by atoms with Crippen LogP contribution in [-0.4, -0.2) is 50.2 Å². The topological polar surface area (TPSA) is 62.0 Å². The summed E-state index contributed by atoms with van der Waals surface area (Å²) in [4.78, 5) is 6.71. The minimum atomic E-state index is -0.358. The van der Waals surface area contributed by atoms with Crippen molar-refractivity contribution in [2.24, 2.45) is 4.99 Å². The van der Waals surface area contributed by atoms with Crippen molar-refractivity contribution >= 4 is 5.96 Å². The molecule has 1 aromatic carbocycles. The maximum Gasteiger partial charge on any atom is 0.191 e. The number of hydrogen-bond donors (Lipinski definition) is 2. The molecule has 1 aromatic heterocycles. The van der Waals surface area contributed by atoms with Gasteiger partial charge in [-0.3, -0.25) is 9.89 Å². The first-order valence-electron chi connectivity index (χ1n) is 9.80. The standard InChI is InChI=1S/C21H29FN4O2/c1-16(28-19-9-4-3-8-17(19)22)14-24-21(23-2)25-15-18(20-10-7-13-27-20)26-11-5-6-12-26/h3-4,7-10,13,16,18H,5-6,11-12,14-15H2,1-2H3,(H2,23,24,25). The highest BCUT2D eigenvalue weighted by molar-refractivity contribution is 5.79. The average molecular weight is 388 g/mol. The molecule has 1 fully saturated rings. The first-order chi connectivity index (χ1) is 13.7. The second-order valence-electron chi connectivity index (χ2n) is 6.97. The van der Waals surface area contributed by atoms with Crippen molar-refractivity contribution in [2.75, 3.05) is 33.2 Å². The number of ether oxygens (including phenoxy) is 1. The third kappa shape index (κ3) is 5.48. The van der Waals surface area contributed by atoms with Crippen molar-refractivity contribution in [3.63, 3.8) is 0 Å². The summed E-state index contributed by atoms with van der Waals surface area (Å²) in [6.07, 6.45) is 3.94. The van der Waals surface area contributed by atoms with Gasteiger partial charge in [0, 0.05) is 13.6 Å². The highest BCUT2D eigenvalue weighted by Crippen LogP contribution is 2.24. The van der Waals surface area contributed by atoms with E-state index in [1.807, 2.05) is 19.1 Å². The van der Waals surface area contributed by atoms with Crippen molar-refractivity contribution in [2.45, 2.75) is 31.9 Å². The number of para-hydroxylation sites is 1. The second kappa shape index (κ2) is 10.1. The molecule has 0 aliphatic carbocycles. The molecule has 1 aliphatic rings. The Balaban J connectivity index is 1.50. The average Bonchev–Trinajstić information content (AvgIpc) is 3.41. The van der Waals surface area contributed by atoms with E-state index in [-0.39, 0.29) is 23.7 Å². The minimum Gasteiger partial charge on any atom is -0.486 e. The minimum absolute atomic E-state index is 0.170. The Kier molecular flexibility index (Phi) is 7.31. The Bertz CT molecular complexity index is 745. The first-order valence-corrected chi connectivity index (χ1v) is 9.80. The Morgan fingerprint density at radius 2 is 1.93 bits per heavy atom. The van der Waals surface area contributed by atoms with Crippen molar-refractivity contribution in [3.05, 3.63) is 54.2 Å². The molecule has 0 amide bonds. The maximum atomic E-state index is 13.7. The van der Waals surface area contributed by atoms with E-state index < -0.39 is 0 Å². The van der Waals surface area contributed by atoms with Gasteiger partial charge >= 0.3 is 0 Å². The lowest BCUT2D eigenvalue weighted by Crippen LogP contribution is -2.45. The summed E-state index contributed by atoms with van der Waals surface area (Å²) in [5.74, 6) is 1.54. The van der Waals surface area contributed by atoms with Gasteiger partial charge in [-0.2, -0.15) is 0 Å². The summed E-state index contributed by atoms with van der Waals surface area (Å²) in [7, 11) is 1.73. The summed E-state index contributed by atoms with van der Waals surface area (Å²) in [6.45, 7) is 5.24. The number of furan rings is 1. The van der Waals surface area contributed by atoms with E-state index in [9.17, 15) is 4.39 Å². The molecule has 1 saturated heterocycles. The number of halogens is 1. The van der Waals surface area contributed by atoms with Gasteiger partial charge in [0.2, 0.25) is 0 Å². The highest BCUT2D eigenvalue weighted by atomic mass is 19.1. The second-order valence-corrected chi connectivity index (χ2v) is 6.97. The zero-order valence-corrected chi connectivity index (χ0v) is 16.5. The Labute approximate surface area is 165 Å². The number of likely N-dealkylation sites (tertiary alicyclic amines) is 1. The number of nitrogens with one attached hydrogen (secondary N) is 2. The Hall–Kier alpha value is -2.54. The molecule has 7 heteroatoms. The van der Waals surface area contributed by atoms with E-state index in [0.717, 1.165) is 18.8 Å². The third-order valence-electron chi connectivity index (χ3n) is 4.86. The van der Waals surface area contributed by atoms with Crippen LogP contribution in [0, 0.1) is 5.82 Å². The monoisotopic (exact) mass is 388 g/mol. The van der Waals surface area contributed by atoms with Crippen LogP contribution >= 0.6 is 0 Å². The van der Waals surface area contributed by atoms with Gasteiger partial charge in [-0.25, -0.2) is 4.39 Å². The van der Waals surface area contributed by atoms with Crippen LogP contribution in [0.4, 0.5) is 4.39 Å². The molecule has 0 saturated carbocycles. The fourth-order valence-corrected chi connectivity index (χ4v) is 3.40. The predicted molar refractivity (Wildman–Crippen MR) is 108 cm³/mol. The number of benzene rings is 1. The molecule has 6 nitrogen and oxygen atoms in total. The van der Waals surface area contributed by atoms with Crippen LogP contribution in [0.2, 0.25) is 0 Å². The Morgan fingerprint density at radius 3 is 2.61 bits per heavy atom. The molecule has 0 bridgehead atoms. The van der Waals surface area contributed by atoms with Crippen LogP contribution in [0.15, 0.2) is 52.1 Å². The molecule has 2 aromatic rings. The van der Waals surface area contributed by atoms with Gasteiger partial charge in [0.15, 0.2) is 17.5 Å². The summed E-state index contributed by atoms with van der Waals surface area (Å²) in [5, 5.41) is 6.62. The van der Waals surface area contributed by atoms with Gasteiger partial charge in [-0.1, -0.05) is 12.1 Å². The van der Waals surface area contributed by atoms with Crippen LogP contribution < -0.4 is 15.4 Å². The smallest absolute Gasteiger partial charge is 0.191 e. The highest BCUT2D eigenvalue weighted by Gasteiger charge is 2.25. The van der Waals surface area contributed by atoms with Gasteiger partial charge in [0.25, 0.3) is 0 Å². The van der Waals surface area contributed by atoms with E-state index >= 15 is 0 Å². The number of hydrogen-bond acceptors (Lipinski definition) is 4. The molecule has 3 rings (SSSR count). The van der Waals surface area contributed by atoms with E-state index in [2.05, 4.69) is 20.5 Å². The lowest BCUT2D eigenvalue weighted by molar-refractivity contribution is 0.210. The molecule has 0 radical (unpaired) electrons. The number of rotatable bonds is 8. The van der Waals surface area contributed by atoms with Crippen LogP contribution in [0.1, 0.15) is 31.6 Å². The molecule has 28 heavy (non-hydrogen) atoms. The van der Waals surface area contributed by atoms with Crippen LogP contribution in [0.25, 0.3) is 0 Å². The lowest BCUT2D eigenvalue weighted by atomic mass is 10.2. The predicted octanol–water partition coefficient (Wildman–Crippen LogP) is 3.19. The lowest BCUT2D eigenvalue weighted by Gasteiger charge is -2.27. The van der Waals surface area contributed by atoms with Crippen molar-refractivity contribution in [1.29, 1.82) is 0 Å². The molecular formula is C21H29FN4O2. The van der Waals surface area contributed by atoms with Crippen molar-refractivity contribution in [3.8, 4) is 5.75 Å². The summed E-state index contributed by atoms with van der Waals surface area (Å²) in [6, 6.07) is 10.5. The quantitative estimate of drug-likeness (QED) is 0.537. The molecule has 1 aliphatic heterocycles. The molecule has 2 N–H and O–H groups in total. The zero-order chi connectivity index (χ0) is 19.8. The van der Waals surface area contributed by atoms with Crippen molar-refractivity contribution in [1.82, 2.24) is 15.5 Å². The van der Waals surface area contributed by atoms with Crippen LogP contribution in [0.5, 0.6) is 5.75 Å². The van der Waals surface area contributed by atoms with E-state index in [4.69, 9.17) is 9.15 Å². The zero-order valence-electron chi connectivity index (χ0n) is 16.5. The summed E-state index contributed by atoms with van der Waals surface area (Å²) < 4.78 is 25.0. The van der Waals surface area contributed by atoms with E-state index in [1.165, 1.54) is 18.9 Å². The number of guanidine groups is 1. The largest absolute Gasteiger partial charge is 0.486 e. The van der Waals surface area contributed by atoms with E-state index in [0.29, 0.717) is 19.0 Å². The van der Waals surface area contributed by atoms with Crippen LogP contribution in [-0.2, 0) is 0 Å². The summed E-state index contributed by atoms with van der Waals surface area (Å²) in [5.41, 5.74) is 0. The molecular weight excluding hydrogens is 359 g/mol. The van der Waals surface area contributed by atoms with Crippen LogP contribution in [0.3, 0.4) is 0 Å². The first kappa shape index (κ1) is 20.2. The maximum absolute atomic E-state index is 13.7. The third-order valence-corrected chi connectivity index (χ3v) is 4.86. The molecule has 2 atom stereocenters. The summed E-state index contributed by atoms with van der Waals surface area (Å²) >= 11 is 0. The number of nitrogens with zero attached hydrogens (tertiary/aromatic N) is 2. The SMILES string of the molecule is CN=C(NCC(C)Oc1ccccc1F)NCC(c1ccco1)N1CCCC1. The Morgan fingerprint density at radius 1 is 1.18 bits per heavy atom. The molecule has 2 heterocycles. The number of aliphatic imine (C=N–C) groups is 1. The van der Waals surface area contributed by atoms with Gasteiger partial charge in [0.1, 0.15) is 11.9 Å².